The van der Waals surface area contributed by atoms with Gasteiger partial charge in [0, 0.05) is 42.8 Å². The summed E-state index contributed by atoms with van der Waals surface area (Å²) in [6, 6.07) is 18.0. The van der Waals surface area contributed by atoms with Gasteiger partial charge in [-0.1, -0.05) is 77.2 Å². The summed E-state index contributed by atoms with van der Waals surface area (Å²) in [6.45, 7) is 9.79. The molecule has 94 heavy (non-hydrogen) atoms. The molecular formula is C59H68Cl4F4N7O16PS3. The number of carboxylic acid groups (broad SMARTS) is 1. The molecule has 1 saturated carbocycles. The lowest BCUT2D eigenvalue weighted by molar-refractivity contribution is -0.138. The fourth-order valence-electron chi connectivity index (χ4n) is 9.20. The molecule has 1 aliphatic carbocycles. The number of nitrogens with one attached hydrogen (secondary N) is 1. The number of halogens is 8. The van der Waals surface area contributed by atoms with Gasteiger partial charge in [0.25, 0.3) is 5.91 Å². The van der Waals surface area contributed by atoms with Crippen molar-refractivity contribution in [3.8, 4) is 5.75 Å². The molecule has 2 atom stereocenters. The van der Waals surface area contributed by atoms with E-state index in [1.54, 1.807) is 26.3 Å². The molecule has 0 bridgehead atoms. The second-order valence-corrected chi connectivity index (χ2v) is 28.3. The van der Waals surface area contributed by atoms with Crippen LogP contribution in [-0.4, -0.2) is 142 Å². The Balaban J connectivity index is 0.000000219. The third-order valence-electron chi connectivity index (χ3n) is 13.7. The Morgan fingerprint density at radius 3 is 2.26 bits per heavy atom. The molecule has 2 unspecified atom stereocenters. The van der Waals surface area contributed by atoms with Crippen molar-refractivity contribution in [3.05, 3.63) is 138 Å². The van der Waals surface area contributed by atoms with Crippen molar-refractivity contribution >= 4 is 134 Å². The minimum atomic E-state index is -4.71. The van der Waals surface area contributed by atoms with Crippen LogP contribution in [0, 0.1) is 12.7 Å². The van der Waals surface area contributed by atoms with Crippen LogP contribution in [0.1, 0.15) is 90.7 Å². The molecule has 9 rings (SSSR count). The quantitative estimate of drug-likeness (QED) is 0.0146. The Morgan fingerprint density at radius 2 is 1.67 bits per heavy atom. The van der Waals surface area contributed by atoms with Gasteiger partial charge in [0.05, 0.1) is 83.0 Å². The van der Waals surface area contributed by atoms with Crippen molar-refractivity contribution in [1.29, 1.82) is 0 Å². The number of nitrogens with zero attached hydrogens (tertiary/aromatic N) is 6. The van der Waals surface area contributed by atoms with Crippen molar-refractivity contribution < 1.29 is 88.1 Å². The van der Waals surface area contributed by atoms with E-state index >= 15 is 0 Å². The number of alkyl halides is 6. The normalized spacial score (nSPS) is 14.8. The number of amides is 2. The van der Waals surface area contributed by atoms with Crippen LogP contribution in [-0.2, 0) is 68.7 Å². The Hall–Kier alpha value is -6.15. The van der Waals surface area contributed by atoms with Crippen LogP contribution in [0.5, 0.6) is 5.75 Å². The fourth-order valence-corrected chi connectivity index (χ4v) is 12.8. The Labute approximate surface area is 566 Å². The summed E-state index contributed by atoms with van der Waals surface area (Å²) < 4.78 is 110. The molecule has 0 saturated heterocycles. The van der Waals surface area contributed by atoms with Gasteiger partial charge in [-0.15, -0.1) is 23.4 Å². The van der Waals surface area contributed by atoms with Gasteiger partial charge in [0.2, 0.25) is 10.7 Å². The van der Waals surface area contributed by atoms with Gasteiger partial charge in [-0.3, -0.25) is 43.3 Å². The number of carboxylic acids is 1. The van der Waals surface area contributed by atoms with E-state index in [4.69, 9.17) is 75.3 Å². The standard InChI is InChI=1S/C15H15ClFN3O3S2.C15H22ClNO2.C15H12F3NO4S.C11H11Cl2NO2.C3H8NO5P/c1-23-13(21)8-24-12-7-11(10(17)6-9(12)16)18-14-19-4-2-3-5-20(19)15(22)25-14;1-5-13-8-6-7-11(2)15(13)17(14(18)9-16)12(3)10-19-4;1-24(21,22)12-6-9(15(16,17)18)4-5-10(12)13(20)11-7-19-23-14(11)8-2-3-8;1-7-6-16-9-5-3-2-4-8(9)14(7)11(15)10(12)13;5-3(6)1-4-2-10(7,8)9/h6-7H,2-5,8H2,1H3;6-8,12H,5,9-10H2,1-4H3;4-8H,2-3H2,1H3;2-5,7,10H,6H2,1H3;4H,1-2H2,(H,5,6)(H2,7,8,9)/b18-14-;;;;. The molecule has 0 spiro atoms. The Bertz CT molecular complexity index is 3960. The molecule has 4 aromatic carbocycles. The molecule has 2 aromatic heterocycles. The summed E-state index contributed by atoms with van der Waals surface area (Å²) in [7, 11) is -5.20. The number of ketones is 1. The molecule has 6 aromatic rings. The van der Waals surface area contributed by atoms with Crippen LogP contribution >= 0.6 is 77.1 Å². The number of esters is 1. The summed E-state index contributed by atoms with van der Waals surface area (Å²) in [5.74, 6) is -2.13. The fraction of sp³-hybridized carbons (Fsp3) is 0.424. The van der Waals surface area contributed by atoms with Crippen molar-refractivity contribution in [2.75, 3.05) is 68.0 Å². The summed E-state index contributed by atoms with van der Waals surface area (Å²) in [5.41, 5.74) is 2.64. The summed E-state index contributed by atoms with van der Waals surface area (Å²) in [5, 5.41) is 13.8. The first kappa shape index (κ1) is 78.5. The van der Waals surface area contributed by atoms with E-state index in [0.717, 1.165) is 96.1 Å². The van der Waals surface area contributed by atoms with Crippen LogP contribution in [0.4, 0.5) is 34.6 Å². The highest BCUT2D eigenvalue weighted by molar-refractivity contribution is 8.00. The molecule has 2 amide bonds. The van der Waals surface area contributed by atoms with Crippen LogP contribution in [0.3, 0.4) is 0 Å². The van der Waals surface area contributed by atoms with E-state index in [1.807, 2.05) is 57.2 Å². The van der Waals surface area contributed by atoms with E-state index < -0.39 is 75.3 Å². The number of aryl methyl sites for hydroxylation is 2. The number of aromatic nitrogens is 3. The monoisotopic (exact) mass is 1470 g/mol. The van der Waals surface area contributed by atoms with Gasteiger partial charge in [0.1, 0.15) is 29.7 Å². The van der Waals surface area contributed by atoms with Crippen molar-refractivity contribution in [3.63, 3.8) is 0 Å². The van der Waals surface area contributed by atoms with Crippen LogP contribution < -0.4 is 29.5 Å². The second-order valence-electron chi connectivity index (χ2n) is 20.9. The lowest BCUT2D eigenvalue weighted by Gasteiger charge is -2.35. The highest BCUT2D eigenvalue weighted by atomic mass is 35.5. The molecule has 3 aliphatic rings. The number of hydrogen-bond acceptors (Lipinski definition) is 18. The first-order chi connectivity index (χ1) is 44.2. The number of anilines is 2. The summed E-state index contributed by atoms with van der Waals surface area (Å²) in [4.78, 5) is 93.0. The van der Waals surface area contributed by atoms with E-state index in [1.165, 1.54) is 19.4 Å². The molecule has 2 aliphatic heterocycles. The number of para-hydroxylation sites is 3. The Kier molecular flexibility index (Phi) is 29.9. The molecule has 4 heterocycles. The number of hydrogen-bond donors (Lipinski definition) is 4. The lowest BCUT2D eigenvalue weighted by atomic mass is 10.0. The molecule has 4 N–H and O–H groups in total. The van der Waals surface area contributed by atoms with E-state index in [9.17, 15) is 59.3 Å². The average molecular weight is 1480 g/mol. The number of thioether (sulfide) groups is 1. The van der Waals surface area contributed by atoms with Crippen LogP contribution in [0.25, 0.3) is 0 Å². The first-order valence-electron chi connectivity index (χ1n) is 28.4. The summed E-state index contributed by atoms with van der Waals surface area (Å²) >= 11 is 25.2. The number of carbonyl (C=O) groups is 5. The molecule has 1 fully saturated rings. The minimum absolute atomic E-state index is 0.0223. The number of rotatable bonds is 19. The highest BCUT2D eigenvalue weighted by Crippen LogP contribution is 2.43. The van der Waals surface area contributed by atoms with Gasteiger partial charge in [-0.05, 0) is 118 Å². The van der Waals surface area contributed by atoms with Gasteiger partial charge in [0.15, 0.2) is 26.2 Å². The molecule has 35 heteroatoms. The zero-order valence-electron chi connectivity index (χ0n) is 51.5. The average Bonchev–Trinajstić information content (AvgIpc) is 1.35. The largest absolute Gasteiger partial charge is 0.489 e. The third-order valence-corrected chi connectivity index (χ3v) is 18.4. The van der Waals surface area contributed by atoms with Crippen molar-refractivity contribution in [1.82, 2.24) is 19.8 Å². The number of benzene rings is 4. The maximum Gasteiger partial charge on any atom is 0.416 e. The summed E-state index contributed by atoms with van der Waals surface area (Å²) in [6.07, 6.45) is 1.03. The van der Waals surface area contributed by atoms with E-state index in [-0.39, 0.29) is 68.2 Å². The SMILES string of the molecule is CC1COc2ccccc2N1C(=O)C(Cl)Cl.CCc1cccc(C)c1N(C(=O)CCl)C(C)COC.COC(=O)CSc1cc(/N=c2\sc(=O)n3n2CCCC3)c(F)cc1Cl.CS(=O)(=O)c1cc(C(F)(F)F)ccc1C(=O)c1cnoc1C1CC1.O=C(O)CNCP(=O)(O)O. The topological polar surface area (TPSA) is 309 Å². The first-order valence-corrected chi connectivity index (χ1v) is 35.6. The van der Waals surface area contributed by atoms with Crippen LogP contribution in [0.2, 0.25) is 5.02 Å². The smallest absolute Gasteiger partial charge is 0.416 e. The molecule has 514 valence electrons. The predicted molar refractivity (Wildman–Crippen MR) is 349 cm³/mol. The molecular weight excluding hydrogens is 1410 g/mol. The van der Waals surface area contributed by atoms with Crippen molar-refractivity contribution in [2.24, 2.45) is 4.99 Å². The predicted octanol–water partition coefficient (Wildman–Crippen LogP) is 10.6. The number of ether oxygens (including phenoxy) is 3. The number of sulfone groups is 1. The Morgan fingerprint density at radius 1 is 1.00 bits per heavy atom. The molecule has 0 radical (unpaired) electrons. The zero-order chi connectivity index (χ0) is 70.0. The third kappa shape index (κ3) is 22.5. The number of aliphatic carboxylic acids is 1. The van der Waals surface area contributed by atoms with E-state index in [2.05, 4.69) is 33.2 Å². The zero-order valence-corrected chi connectivity index (χ0v) is 57.9. The second kappa shape index (κ2) is 35.7. The maximum atomic E-state index is 14.3. The molecule has 23 nitrogen and oxygen atoms in total. The number of carbonyl (C=O) groups excluding carboxylic acids is 4. The van der Waals surface area contributed by atoms with Gasteiger partial charge >= 0.3 is 30.6 Å². The lowest BCUT2D eigenvalue weighted by Crippen LogP contribution is -2.47. The van der Waals surface area contributed by atoms with Gasteiger partial charge in [-0.25, -0.2) is 22.5 Å². The van der Waals surface area contributed by atoms with Crippen LogP contribution in [0.15, 0.2) is 103 Å². The minimum Gasteiger partial charge on any atom is -0.489 e. The number of fused-ring (bicyclic) bond motifs is 2. The van der Waals surface area contributed by atoms with E-state index in [0.29, 0.717) is 59.6 Å². The van der Waals surface area contributed by atoms with Gasteiger partial charge in [-0.2, -0.15) is 13.2 Å². The maximum absolute atomic E-state index is 14.3. The highest BCUT2D eigenvalue weighted by Gasteiger charge is 2.37. The van der Waals surface area contributed by atoms with Crippen molar-refractivity contribution in [2.45, 2.75) is 112 Å². The van der Waals surface area contributed by atoms with Gasteiger partial charge < -0.3 is 43.4 Å². The number of methoxy groups -OCH3 is 2.